The fourth-order valence-corrected chi connectivity index (χ4v) is 2.12. The Morgan fingerprint density at radius 2 is 2.10 bits per heavy atom. The van der Waals surface area contributed by atoms with Crippen molar-refractivity contribution < 1.29 is 9.53 Å². The highest BCUT2D eigenvalue weighted by Crippen LogP contribution is 2.10. The molecular formula is C13H24ClIN4O2. The molecule has 0 aromatic heterocycles. The van der Waals surface area contributed by atoms with Crippen LogP contribution in [0.25, 0.3) is 0 Å². The summed E-state index contributed by atoms with van der Waals surface area (Å²) >= 11 is 5.71. The third-order valence-electron chi connectivity index (χ3n) is 3.13. The largest absolute Gasteiger partial charge is 0.375 e. The van der Waals surface area contributed by atoms with Gasteiger partial charge in [0.25, 0.3) is 0 Å². The van der Waals surface area contributed by atoms with Crippen LogP contribution < -0.4 is 10.6 Å². The predicted molar refractivity (Wildman–Crippen MR) is 96.4 cm³/mol. The van der Waals surface area contributed by atoms with Crippen molar-refractivity contribution in [2.24, 2.45) is 4.99 Å². The SMILES string of the molecule is C=C(Cl)CNC(=NC)NC1CCN(C(=O)COC)CC1.I. The van der Waals surface area contributed by atoms with Gasteiger partial charge in [-0.2, -0.15) is 0 Å². The van der Waals surface area contributed by atoms with Crippen LogP contribution in [-0.2, 0) is 9.53 Å². The zero-order valence-corrected chi connectivity index (χ0v) is 15.6. The van der Waals surface area contributed by atoms with E-state index in [4.69, 9.17) is 16.3 Å². The molecule has 1 amide bonds. The van der Waals surface area contributed by atoms with Crippen LogP contribution in [0.1, 0.15) is 12.8 Å². The average molecular weight is 431 g/mol. The van der Waals surface area contributed by atoms with Crippen LogP contribution in [0.2, 0.25) is 0 Å². The Balaban J connectivity index is 0.00000400. The lowest BCUT2D eigenvalue weighted by atomic mass is 10.1. The van der Waals surface area contributed by atoms with E-state index in [9.17, 15) is 4.79 Å². The molecule has 1 aliphatic rings. The van der Waals surface area contributed by atoms with E-state index in [1.165, 1.54) is 7.11 Å². The van der Waals surface area contributed by atoms with E-state index < -0.39 is 0 Å². The highest BCUT2D eigenvalue weighted by molar-refractivity contribution is 14.0. The van der Waals surface area contributed by atoms with E-state index in [1.807, 2.05) is 4.90 Å². The topological polar surface area (TPSA) is 66.0 Å². The third-order valence-corrected chi connectivity index (χ3v) is 3.26. The number of nitrogens with zero attached hydrogens (tertiary/aromatic N) is 2. The number of hydrogen-bond donors (Lipinski definition) is 2. The number of piperidine rings is 1. The molecule has 0 spiro atoms. The monoisotopic (exact) mass is 430 g/mol. The van der Waals surface area contributed by atoms with Gasteiger partial charge in [0.1, 0.15) is 6.61 Å². The summed E-state index contributed by atoms with van der Waals surface area (Å²) in [6, 6.07) is 0.302. The lowest BCUT2D eigenvalue weighted by molar-refractivity contribution is -0.136. The number of nitrogens with one attached hydrogen (secondary N) is 2. The van der Waals surface area contributed by atoms with Crippen LogP contribution in [0, 0.1) is 0 Å². The van der Waals surface area contributed by atoms with E-state index in [0.717, 1.165) is 25.9 Å². The zero-order chi connectivity index (χ0) is 15.0. The van der Waals surface area contributed by atoms with Gasteiger partial charge in [-0.05, 0) is 12.8 Å². The van der Waals surface area contributed by atoms with Crippen LogP contribution in [-0.4, -0.2) is 63.2 Å². The fourth-order valence-electron chi connectivity index (χ4n) is 2.06. The van der Waals surface area contributed by atoms with Crippen molar-refractivity contribution in [3.05, 3.63) is 11.6 Å². The third kappa shape index (κ3) is 7.87. The van der Waals surface area contributed by atoms with E-state index in [-0.39, 0.29) is 36.5 Å². The second-order valence-corrected chi connectivity index (χ2v) is 5.21. The predicted octanol–water partition coefficient (Wildman–Crippen LogP) is 1.16. The van der Waals surface area contributed by atoms with Crippen molar-refractivity contribution in [1.29, 1.82) is 0 Å². The quantitative estimate of drug-likeness (QED) is 0.390. The Labute approximate surface area is 148 Å². The number of methoxy groups -OCH3 is 1. The normalized spacial score (nSPS) is 16.1. The molecule has 0 bridgehead atoms. The minimum atomic E-state index is 0. The lowest BCUT2D eigenvalue weighted by Crippen LogP contribution is -2.50. The molecule has 122 valence electrons. The molecule has 21 heavy (non-hydrogen) atoms. The van der Waals surface area contributed by atoms with E-state index in [0.29, 0.717) is 23.6 Å². The zero-order valence-electron chi connectivity index (χ0n) is 12.5. The van der Waals surface area contributed by atoms with E-state index in [2.05, 4.69) is 22.2 Å². The van der Waals surface area contributed by atoms with Gasteiger partial charge in [0.05, 0.1) is 6.54 Å². The van der Waals surface area contributed by atoms with Crippen molar-refractivity contribution in [3.8, 4) is 0 Å². The number of hydrogen-bond acceptors (Lipinski definition) is 3. The first kappa shape index (κ1) is 20.5. The smallest absolute Gasteiger partial charge is 0.248 e. The summed E-state index contributed by atoms with van der Waals surface area (Å²) < 4.78 is 4.86. The number of guanidine groups is 1. The number of halogens is 2. The number of rotatable bonds is 5. The Hall–Kier alpha value is -0.540. The minimum Gasteiger partial charge on any atom is -0.375 e. The van der Waals surface area contributed by atoms with Gasteiger partial charge < -0.3 is 20.3 Å². The van der Waals surface area contributed by atoms with Gasteiger partial charge in [-0.15, -0.1) is 24.0 Å². The molecule has 1 aliphatic heterocycles. The summed E-state index contributed by atoms with van der Waals surface area (Å²) in [4.78, 5) is 17.6. The van der Waals surface area contributed by atoms with Crippen LogP contribution in [0.3, 0.4) is 0 Å². The summed E-state index contributed by atoms with van der Waals surface area (Å²) in [5.74, 6) is 0.750. The van der Waals surface area contributed by atoms with Gasteiger partial charge in [0, 0.05) is 38.3 Å². The standard InChI is InChI=1S/C13H23ClN4O2.HI/c1-10(14)8-16-13(15-2)17-11-4-6-18(7-5-11)12(19)9-20-3;/h11H,1,4-9H2,2-3H3,(H2,15,16,17);1H. The Morgan fingerprint density at radius 1 is 1.48 bits per heavy atom. The number of aliphatic imine (C=N–C) groups is 1. The molecule has 0 saturated carbocycles. The van der Waals surface area contributed by atoms with Crippen LogP contribution in [0.15, 0.2) is 16.6 Å². The summed E-state index contributed by atoms with van der Waals surface area (Å²) in [5, 5.41) is 6.93. The molecule has 0 aliphatic carbocycles. The molecule has 2 N–H and O–H groups in total. The Bertz CT molecular complexity index is 371. The maximum absolute atomic E-state index is 11.7. The van der Waals surface area contributed by atoms with Gasteiger partial charge >= 0.3 is 0 Å². The summed E-state index contributed by atoms with van der Waals surface area (Å²) in [6.07, 6.45) is 1.77. The van der Waals surface area contributed by atoms with Gasteiger partial charge in [0.2, 0.25) is 5.91 Å². The second-order valence-electron chi connectivity index (χ2n) is 4.68. The Morgan fingerprint density at radius 3 is 2.57 bits per heavy atom. The molecule has 0 aromatic carbocycles. The first-order chi connectivity index (χ1) is 9.56. The maximum Gasteiger partial charge on any atom is 0.248 e. The molecule has 1 saturated heterocycles. The summed E-state index contributed by atoms with van der Waals surface area (Å²) in [6.45, 7) is 5.72. The molecule has 8 heteroatoms. The molecule has 6 nitrogen and oxygen atoms in total. The maximum atomic E-state index is 11.7. The first-order valence-corrected chi connectivity index (χ1v) is 7.01. The molecule has 1 rings (SSSR count). The highest BCUT2D eigenvalue weighted by atomic mass is 127. The molecule has 0 aromatic rings. The number of amides is 1. The van der Waals surface area contributed by atoms with Gasteiger partial charge in [-0.1, -0.05) is 18.2 Å². The van der Waals surface area contributed by atoms with Crippen molar-refractivity contribution in [2.75, 3.05) is 40.4 Å². The minimum absolute atomic E-state index is 0. The van der Waals surface area contributed by atoms with E-state index >= 15 is 0 Å². The molecular weight excluding hydrogens is 407 g/mol. The number of carbonyl (C=O) groups is 1. The van der Waals surface area contributed by atoms with Crippen molar-refractivity contribution in [3.63, 3.8) is 0 Å². The molecule has 0 atom stereocenters. The van der Waals surface area contributed by atoms with Crippen molar-refractivity contribution in [2.45, 2.75) is 18.9 Å². The summed E-state index contributed by atoms with van der Waals surface area (Å²) in [7, 11) is 3.25. The lowest BCUT2D eigenvalue weighted by Gasteiger charge is -2.33. The number of ether oxygens (including phenoxy) is 1. The van der Waals surface area contributed by atoms with E-state index in [1.54, 1.807) is 7.05 Å². The summed E-state index contributed by atoms with van der Waals surface area (Å²) in [5.41, 5.74) is 0. The second kappa shape index (κ2) is 11.1. The van der Waals surface area contributed by atoms with Gasteiger partial charge in [0.15, 0.2) is 5.96 Å². The molecule has 0 unspecified atom stereocenters. The average Bonchev–Trinajstić information content (AvgIpc) is 2.44. The highest BCUT2D eigenvalue weighted by Gasteiger charge is 2.22. The number of likely N-dealkylation sites (tertiary alicyclic amines) is 1. The van der Waals surface area contributed by atoms with Crippen LogP contribution in [0.5, 0.6) is 0 Å². The van der Waals surface area contributed by atoms with Gasteiger partial charge in [-0.3, -0.25) is 9.79 Å². The van der Waals surface area contributed by atoms with Crippen LogP contribution in [0.4, 0.5) is 0 Å². The first-order valence-electron chi connectivity index (χ1n) is 6.64. The molecule has 1 heterocycles. The number of carbonyl (C=O) groups excluding carboxylic acids is 1. The Kier molecular flexibility index (Phi) is 10.8. The van der Waals surface area contributed by atoms with Crippen LogP contribution >= 0.6 is 35.6 Å². The molecule has 1 fully saturated rings. The van der Waals surface area contributed by atoms with Gasteiger partial charge in [-0.25, -0.2) is 0 Å². The fraction of sp³-hybridized carbons (Fsp3) is 0.692. The van der Waals surface area contributed by atoms with Crippen molar-refractivity contribution >= 4 is 47.4 Å². The molecule has 0 radical (unpaired) electrons. The van der Waals surface area contributed by atoms with Crippen molar-refractivity contribution in [1.82, 2.24) is 15.5 Å².